The van der Waals surface area contributed by atoms with Crippen molar-refractivity contribution in [2.75, 3.05) is 24.6 Å². The van der Waals surface area contributed by atoms with Crippen LogP contribution in [0.4, 0.5) is 10.1 Å². The van der Waals surface area contributed by atoms with E-state index in [0.717, 1.165) is 36.9 Å². The molecule has 9 heteroatoms. The molecule has 1 aliphatic heterocycles. The SMILES string of the molecule is Cc1c(N2CCC([C@H](C)N)C2)c(F)cc2c(OCCCC(N)=NO)cc(=O)n(C3CC3)c12. The summed E-state index contributed by atoms with van der Waals surface area (Å²) in [6.07, 6.45) is 3.68. The molecule has 1 unspecified atom stereocenters. The number of aryl methyl sites for hydroxylation is 1. The lowest BCUT2D eigenvalue weighted by Gasteiger charge is -2.25. The first-order valence-electron chi connectivity index (χ1n) is 11.3. The molecule has 4 rings (SSSR count). The molecule has 174 valence electrons. The van der Waals surface area contributed by atoms with Crippen molar-refractivity contribution in [3.8, 4) is 5.75 Å². The zero-order chi connectivity index (χ0) is 23.0. The number of anilines is 1. The summed E-state index contributed by atoms with van der Waals surface area (Å²) < 4.78 is 23.1. The second-order valence-corrected chi connectivity index (χ2v) is 9.07. The van der Waals surface area contributed by atoms with E-state index in [9.17, 15) is 4.79 Å². The first kappa shape index (κ1) is 22.4. The number of rotatable bonds is 8. The molecule has 1 aliphatic carbocycles. The highest BCUT2D eigenvalue weighted by molar-refractivity contribution is 5.92. The van der Waals surface area contributed by atoms with Gasteiger partial charge < -0.3 is 30.9 Å². The topological polar surface area (TPSA) is 119 Å². The van der Waals surface area contributed by atoms with Crippen molar-refractivity contribution in [1.82, 2.24) is 4.57 Å². The molecule has 2 aliphatic rings. The lowest BCUT2D eigenvalue weighted by Crippen LogP contribution is -2.30. The Balaban J connectivity index is 1.74. The van der Waals surface area contributed by atoms with Gasteiger partial charge in [0.25, 0.3) is 5.56 Å². The fourth-order valence-electron chi connectivity index (χ4n) is 4.73. The second kappa shape index (κ2) is 8.97. The molecule has 5 N–H and O–H groups in total. The number of nitrogens with two attached hydrogens (primary N) is 2. The van der Waals surface area contributed by atoms with E-state index in [0.29, 0.717) is 42.1 Å². The molecule has 0 bridgehead atoms. The number of amidine groups is 1. The van der Waals surface area contributed by atoms with Gasteiger partial charge in [0.15, 0.2) is 0 Å². The standard InChI is InChI=1S/C23H32FN5O3/c1-13-22-17(10-18(24)23(13)28-8-7-15(12-28)14(2)25)19(32-9-3-4-20(26)27-31)11-21(30)29(22)16-5-6-16/h10-11,14-16,31H,3-9,12,25H2,1-2H3,(H2,26,27)/t14-,15?/m0/s1. The van der Waals surface area contributed by atoms with Crippen LogP contribution in [0.15, 0.2) is 22.1 Å². The number of ether oxygens (including phenoxy) is 1. The Morgan fingerprint density at radius 2 is 2.12 bits per heavy atom. The number of hydrogen-bond donors (Lipinski definition) is 3. The van der Waals surface area contributed by atoms with Crippen LogP contribution in [0.2, 0.25) is 0 Å². The van der Waals surface area contributed by atoms with Gasteiger partial charge in [-0.3, -0.25) is 4.79 Å². The normalized spacial score (nSPS) is 20.2. The summed E-state index contributed by atoms with van der Waals surface area (Å²) in [5, 5.41) is 12.2. The van der Waals surface area contributed by atoms with E-state index in [1.165, 1.54) is 12.1 Å². The lowest BCUT2D eigenvalue weighted by molar-refractivity contribution is 0.307. The van der Waals surface area contributed by atoms with Gasteiger partial charge in [-0.15, -0.1) is 0 Å². The molecule has 2 aromatic rings. The molecule has 0 radical (unpaired) electrons. The highest BCUT2D eigenvalue weighted by atomic mass is 19.1. The molecular formula is C23H32FN5O3. The molecule has 8 nitrogen and oxygen atoms in total. The van der Waals surface area contributed by atoms with Gasteiger partial charge in [0.1, 0.15) is 17.4 Å². The number of halogens is 1. The minimum absolute atomic E-state index is 0.0541. The average Bonchev–Trinajstić information content (AvgIpc) is 3.47. The third-order valence-electron chi connectivity index (χ3n) is 6.62. The summed E-state index contributed by atoms with van der Waals surface area (Å²) in [6, 6.07) is 3.14. The summed E-state index contributed by atoms with van der Waals surface area (Å²) in [7, 11) is 0. The highest BCUT2D eigenvalue weighted by Gasteiger charge is 2.32. The van der Waals surface area contributed by atoms with Crippen molar-refractivity contribution in [2.24, 2.45) is 22.5 Å². The molecule has 2 fully saturated rings. The molecule has 32 heavy (non-hydrogen) atoms. The fraction of sp³-hybridized carbons (Fsp3) is 0.565. The van der Waals surface area contributed by atoms with Crippen molar-refractivity contribution in [3.63, 3.8) is 0 Å². The maximum absolute atomic E-state index is 15.5. The van der Waals surface area contributed by atoms with Crippen molar-refractivity contribution in [1.29, 1.82) is 0 Å². The van der Waals surface area contributed by atoms with Crippen LogP contribution in [-0.4, -0.2) is 41.3 Å². The Kier molecular flexibility index (Phi) is 6.28. The average molecular weight is 446 g/mol. The van der Waals surface area contributed by atoms with Crippen molar-refractivity contribution in [2.45, 2.75) is 58.0 Å². The molecule has 0 amide bonds. The number of nitrogens with zero attached hydrogens (tertiary/aromatic N) is 3. The predicted molar refractivity (Wildman–Crippen MR) is 123 cm³/mol. The summed E-state index contributed by atoms with van der Waals surface area (Å²) >= 11 is 0. The van der Waals surface area contributed by atoms with Gasteiger partial charge >= 0.3 is 0 Å². The van der Waals surface area contributed by atoms with E-state index in [-0.39, 0.29) is 35.9 Å². The lowest BCUT2D eigenvalue weighted by atomic mass is 10.0. The van der Waals surface area contributed by atoms with Gasteiger partial charge in [-0.1, -0.05) is 5.16 Å². The van der Waals surface area contributed by atoms with Crippen molar-refractivity contribution in [3.05, 3.63) is 33.9 Å². The molecule has 2 atom stereocenters. The van der Waals surface area contributed by atoms with Gasteiger partial charge in [-0.05, 0) is 57.1 Å². The maximum Gasteiger partial charge on any atom is 0.255 e. The first-order chi connectivity index (χ1) is 15.3. The minimum Gasteiger partial charge on any atom is -0.493 e. The third kappa shape index (κ3) is 4.26. The Hall–Kier alpha value is -2.81. The monoisotopic (exact) mass is 445 g/mol. The van der Waals surface area contributed by atoms with Crippen LogP contribution >= 0.6 is 0 Å². The largest absolute Gasteiger partial charge is 0.493 e. The summed E-state index contributed by atoms with van der Waals surface area (Å²) in [4.78, 5) is 15.1. The zero-order valence-corrected chi connectivity index (χ0v) is 18.7. The molecule has 1 saturated heterocycles. The zero-order valence-electron chi connectivity index (χ0n) is 18.7. The van der Waals surface area contributed by atoms with Crippen LogP contribution in [0, 0.1) is 18.7 Å². The Morgan fingerprint density at radius 3 is 2.75 bits per heavy atom. The van der Waals surface area contributed by atoms with Gasteiger partial charge in [-0.25, -0.2) is 4.39 Å². The van der Waals surface area contributed by atoms with E-state index < -0.39 is 0 Å². The Morgan fingerprint density at radius 1 is 1.38 bits per heavy atom. The van der Waals surface area contributed by atoms with E-state index >= 15 is 4.39 Å². The second-order valence-electron chi connectivity index (χ2n) is 9.07. The van der Waals surface area contributed by atoms with Crippen molar-refractivity contribution < 1.29 is 14.3 Å². The Labute approximate surface area is 186 Å². The number of aromatic nitrogens is 1. The Bertz CT molecular complexity index is 1090. The minimum atomic E-state index is -0.317. The van der Waals surface area contributed by atoms with Gasteiger partial charge in [0.2, 0.25) is 0 Å². The van der Waals surface area contributed by atoms with Gasteiger partial charge in [0.05, 0.1) is 17.8 Å². The molecule has 0 spiro atoms. The quantitative estimate of drug-likeness (QED) is 0.189. The van der Waals surface area contributed by atoms with Crippen LogP contribution in [0.3, 0.4) is 0 Å². The molecule has 1 aromatic carbocycles. The van der Waals surface area contributed by atoms with Gasteiger partial charge in [-0.2, -0.15) is 0 Å². The van der Waals surface area contributed by atoms with Crippen LogP contribution in [0.25, 0.3) is 10.9 Å². The van der Waals surface area contributed by atoms with E-state index in [2.05, 4.69) is 10.1 Å². The summed E-state index contributed by atoms with van der Waals surface area (Å²) in [6.45, 7) is 5.60. The number of hydrogen-bond acceptors (Lipinski definition) is 6. The first-order valence-corrected chi connectivity index (χ1v) is 11.3. The third-order valence-corrected chi connectivity index (χ3v) is 6.62. The van der Waals surface area contributed by atoms with Crippen LogP contribution < -0.4 is 26.7 Å². The fourth-order valence-corrected chi connectivity index (χ4v) is 4.73. The number of pyridine rings is 1. The predicted octanol–water partition coefficient (Wildman–Crippen LogP) is 2.86. The van der Waals surface area contributed by atoms with E-state index in [1.807, 2.05) is 13.8 Å². The number of fused-ring (bicyclic) bond motifs is 1. The smallest absolute Gasteiger partial charge is 0.255 e. The van der Waals surface area contributed by atoms with E-state index in [1.54, 1.807) is 4.57 Å². The highest BCUT2D eigenvalue weighted by Crippen LogP contribution is 2.42. The number of oxime groups is 1. The van der Waals surface area contributed by atoms with Crippen LogP contribution in [-0.2, 0) is 0 Å². The maximum atomic E-state index is 15.5. The van der Waals surface area contributed by atoms with E-state index in [4.69, 9.17) is 21.4 Å². The van der Waals surface area contributed by atoms with Gasteiger partial charge in [0, 0.05) is 43.0 Å². The molecule has 2 heterocycles. The molecular weight excluding hydrogens is 413 g/mol. The van der Waals surface area contributed by atoms with Crippen molar-refractivity contribution >= 4 is 22.4 Å². The molecule has 1 saturated carbocycles. The van der Waals surface area contributed by atoms with Crippen LogP contribution in [0.5, 0.6) is 5.75 Å². The molecule has 1 aromatic heterocycles. The summed E-state index contributed by atoms with van der Waals surface area (Å²) in [5.41, 5.74) is 13.5. The number of benzene rings is 1. The van der Waals surface area contributed by atoms with Crippen LogP contribution in [0.1, 0.15) is 50.6 Å². The summed E-state index contributed by atoms with van der Waals surface area (Å²) in [5.74, 6) is 0.484.